The van der Waals surface area contributed by atoms with Crippen LogP contribution in [-0.4, -0.2) is 28.2 Å². The van der Waals surface area contributed by atoms with Crippen molar-refractivity contribution >= 4 is 0 Å². The minimum atomic E-state index is 0.549. The first-order valence-corrected chi connectivity index (χ1v) is 6.15. The predicted molar refractivity (Wildman–Crippen MR) is 75.4 cm³/mol. The monoisotopic (exact) mass is 255 g/mol. The van der Waals surface area contributed by atoms with Crippen LogP contribution in [0.4, 0.5) is 0 Å². The molecule has 1 aromatic carbocycles. The van der Waals surface area contributed by atoms with E-state index in [0.717, 1.165) is 18.7 Å². The summed E-state index contributed by atoms with van der Waals surface area (Å²) in [4.78, 5) is 2.11. The second kappa shape index (κ2) is 6.66. The average Bonchev–Trinajstić information content (AvgIpc) is 2.89. The maximum absolute atomic E-state index is 5.66. The number of benzene rings is 1. The fourth-order valence-electron chi connectivity index (χ4n) is 1.77. The first-order valence-electron chi connectivity index (χ1n) is 6.15. The van der Waals surface area contributed by atoms with Gasteiger partial charge in [-0.15, -0.1) is 23.4 Å². The lowest BCUT2D eigenvalue weighted by atomic mass is 10.2. The SMILES string of the molecule is C=CCN(CC=C)Cc1nnc(-c2ccccc2)o1. The summed E-state index contributed by atoms with van der Waals surface area (Å²) in [6.07, 6.45) is 3.69. The van der Waals surface area contributed by atoms with Gasteiger partial charge >= 0.3 is 0 Å². The van der Waals surface area contributed by atoms with Gasteiger partial charge in [0.05, 0.1) is 6.54 Å². The summed E-state index contributed by atoms with van der Waals surface area (Å²) in [6, 6.07) is 9.74. The van der Waals surface area contributed by atoms with Gasteiger partial charge in [-0.2, -0.15) is 0 Å². The van der Waals surface area contributed by atoms with Gasteiger partial charge in [-0.1, -0.05) is 30.4 Å². The molecule has 0 fully saturated rings. The Morgan fingerprint density at radius 3 is 2.37 bits per heavy atom. The van der Waals surface area contributed by atoms with Crippen molar-refractivity contribution in [3.05, 3.63) is 61.5 Å². The zero-order valence-electron chi connectivity index (χ0n) is 10.8. The van der Waals surface area contributed by atoms with Crippen LogP contribution in [0.2, 0.25) is 0 Å². The normalized spacial score (nSPS) is 10.6. The van der Waals surface area contributed by atoms with Crippen molar-refractivity contribution in [3.8, 4) is 11.5 Å². The fraction of sp³-hybridized carbons (Fsp3) is 0.200. The van der Waals surface area contributed by atoms with Gasteiger partial charge in [0.2, 0.25) is 11.8 Å². The third-order valence-electron chi connectivity index (χ3n) is 2.62. The molecule has 0 saturated carbocycles. The highest BCUT2D eigenvalue weighted by atomic mass is 16.4. The molecule has 0 radical (unpaired) electrons. The molecule has 19 heavy (non-hydrogen) atoms. The van der Waals surface area contributed by atoms with Crippen molar-refractivity contribution in [3.63, 3.8) is 0 Å². The van der Waals surface area contributed by atoms with Crippen molar-refractivity contribution in [1.29, 1.82) is 0 Å². The minimum absolute atomic E-state index is 0.549. The minimum Gasteiger partial charge on any atom is -0.419 e. The Morgan fingerprint density at radius 1 is 1.05 bits per heavy atom. The van der Waals surface area contributed by atoms with Crippen LogP contribution in [0.5, 0.6) is 0 Å². The predicted octanol–water partition coefficient (Wildman–Crippen LogP) is 2.91. The van der Waals surface area contributed by atoms with Crippen molar-refractivity contribution in [2.75, 3.05) is 13.1 Å². The van der Waals surface area contributed by atoms with Gasteiger partial charge in [0.15, 0.2) is 0 Å². The van der Waals surface area contributed by atoms with Crippen LogP contribution in [0.15, 0.2) is 60.1 Å². The van der Waals surface area contributed by atoms with Crippen molar-refractivity contribution in [1.82, 2.24) is 15.1 Å². The molecular weight excluding hydrogens is 238 g/mol. The van der Waals surface area contributed by atoms with E-state index >= 15 is 0 Å². The lowest BCUT2D eigenvalue weighted by molar-refractivity contribution is 0.289. The zero-order chi connectivity index (χ0) is 13.5. The van der Waals surface area contributed by atoms with Crippen molar-refractivity contribution in [2.45, 2.75) is 6.54 Å². The quantitative estimate of drug-likeness (QED) is 0.713. The van der Waals surface area contributed by atoms with E-state index in [1.807, 2.05) is 42.5 Å². The van der Waals surface area contributed by atoms with Gasteiger partial charge in [-0.3, -0.25) is 4.90 Å². The van der Waals surface area contributed by atoms with Crippen LogP contribution in [0.3, 0.4) is 0 Å². The lowest BCUT2D eigenvalue weighted by Crippen LogP contribution is -2.23. The summed E-state index contributed by atoms with van der Waals surface area (Å²) in [6.45, 7) is 9.58. The van der Waals surface area contributed by atoms with E-state index < -0.39 is 0 Å². The Kier molecular flexibility index (Phi) is 4.64. The molecule has 0 amide bonds. The van der Waals surface area contributed by atoms with Gasteiger partial charge in [0.25, 0.3) is 0 Å². The number of aromatic nitrogens is 2. The van der Waals surface area contributed by atoms with Crippen LogP contribution in [0, 0.1) is 0 Å². The first kappa shape index (κ1) is 13.2. The number of rotatable bonds is 7. The molecule has 0 bridgehead atoms. The standard InChI is InChI=1S/C15H17N3O/c1-3-10-18(11-4-2)12-14-16-17-15(19-14)13-8-6-5-7-9-13/h3-9H,1-2,10-12H2. The summed E-state index contributed by atoms with van der Waals surface area (Å²) in [5, 5.41) is 8.13. The third-order valence-corrected chi connectivity index (χ3v) is 2.62. The summed E-state index contributed by atoms with van der Waals surface area (Å²) in [5.41, 5.74) is 0.931. The van der Waals surface area contributed by atoms with Crippen LogP contribution >= 0.6 is 0 Å². The third kappa shape index (κ3) is 3.63. The molecule has 1 heterocycles. The van der Waals surface area contributed by atoms with E-state index in [4.69, 9.17) is 4.42 Å². The maximum Gasteiger partial charge on any atom is 0.247 e. The smallest absolute Gasteiger partial charge is 0.247 e. The van der Waals surface area contributed by atoms with Gasteiger partial charge in [-0.05, 0) is 12.1 Å². The molecule has 0 unspecified atom stereocenters. The fourth-order valence-corrected chi connectivity index (χ4v) is 1.77. The van der Waals surface area contributed by atoms with Gasteiger partial charge in [-0.25, -0.2) is 0 Å². The van der Waals surface area contributed by atoms with Crippen LogP contribution < -0.4 is 0 Å². The van der Waals surface area contributed by atoms with E-state index in [1.165, 1.54) is 0 Å². The second-order valence-corrected chi connectivity index (χ2v) is 4.14. The molecule has 2 aromatic rings. The molecular formula is C15H17N3O. The highest BCUT2D eigenvalue weighted by Gasteiger charge is 2.11. The van der Waals surface area contributed by atoms with E-state index in [0.29, 0.717) is 18.3 Å². The molecule has 0 aliphatic carbocycles. The molecule has 4 heteroatoms. The summed E-state index contributed by atoms with van der Waals surface area (Å²) in [7, 11) is 0. The Hall–Kier alpha value is -2.20. The van der Waals surface area contributed by atoms with E-state index in [-0.39, 0.29) is 0 Å². The highest BCUT2D eigenvalue weighted by molar-refractivity contribution is 5.51. The molecule has 4 nitrogen and oxygen atoms in total. The van der Waals surface area contributed by atoms with E-state index in [1.54, 1.807) is 0 Å². The van der Waals surface area contributed by atoms with Crippen molar-refractivity contribution < 1.29 is 4.42 Å². The lowest BCUT2D eigenvalue weighted by Gasteiger charge is -2.15. The molecule has 2 rings (SSSR count). The van der Waals surface area contributed by atoms with E-state index in [2.05, 4.69) is 28.3 Å². The number of hydrogen-bond donors (Lipinski definition) is 0. The van der Waals surface area contributed by atoms with Crippen LogP contribution in [-0.2, 0) is 6.54 Å². The second-order valence-electron chi connectivity index (χ2n) is 4.14. The first-order chi connectivity index (χ1) is 9.33. The van der Waals surface area contributed by atoms with Crippen LogP contribution in [0.25, 0.3) is 11.5 Å². The molecule has 0 spiro atoms. The largest absolute Gasteiger partial charge is 0.419 e. The highest BCUT2D eigenvalue weighted by Crippen LogP contribution is 2.17. The average molecular weight is 255 g/mol. The summed E-state index contributed by atoms with van der Waals surface area (Å²) < 4.78 is 5.66. The zero-order valence-corrected chi connectivity index (χ0v) is 10.8. The number of nitrogens with zero attached hydrogens (tertiary/aromatic N) is 3. The van der Waals surface area contributed by atoms with Gasteiger partial charge in [0, 0.05) is 18.7 Å². The Labute approximate surface area is 113 Å². The summed E-state index contributed by atoms with van der Waals surface area (Å²) in [5.74, 6) is 1.15. The molecule has 1 aromatic heterocycles. The molecule has 0 atom stereocenters. The Bertz CT molecular complexity index is 523. The Balaban J connectivity index is 2.08. The summed E-state index contributed by atoms with van der Waals surface area (Å²) >= 11 is 0. The maximum atomic E-state index is 5.66. The van der Waals surface area contributed by atoms with E-state index in [9.17, 15) is 0 Å². The van der Waals surface area contributed by atoms with Gasteiger partial charge in [0.1, 0.15) is 0 Å². The number of hydrogen-bond acceptors (Lipinski definition) is 4. The Morgan fingerprint density at radius 2 is 1.74 bits per heavy atom. The van der Waals surface area contributed by atoms with Crippen molar-refractivity contribution in [2.24, 2.45) is 0 Å². The molecule has 98 valence electrons. The van der Waals surface area contributed by atoms with Crippen LogP contribution in [0.1, 0.15) is 5.89 Å². The molecule has 0 aliphatic rings. The molecule has 0 saturated heterocycles. The van der Waals surface area contributed by atoms with Gasteiger partial charge < -0.3 is 4.42 Å². The molecule has 0 N–H and O–H groups in total. The topological polar surface area (TPSA) is 42.2 Å². The molecule has 0 aliphatic heterocycles.